The van der Waals surface area contributed by atoms with Gasteiger partial charge in [-0.15, -0.1) is 0 Å². The molecule has 104 valence electrons. The third-order valence-electron chi connectivity index (χ3n) is 3.45. The normalized spacial score (nSPS) is 14.1. The Morgan fingerprint density at radius 3 is 2.65 bits per heavy atom. The van der Waals surface area contributed by atoms with E-state index in [1.807, 2.05) is 18.2 Å². The number of nitrogens with zero attached hydrogens (tertiary/aromatic N) is 3. The van der Waals surface area contributed by atoms with E-state index < -0.39 is 0 Å². The Kier molecular flexibility index (Phi) is 3.41. The molecule has 0 bridgehead atoms. The Hall–Kier alpha value is -2.30. The highest BCUT2D eigenvalue weighted by Gasteiger charge is 2.30. The highest BCUT2D eigenvalue weighted by molar-refractivity contribution is 5.46. The van der Waals surface area contributed by atoms with Crippen molar-refractivity contribution >= 4 is 11.5 Å². The van der Waals surface area contributed by atoms with Crippen molar-refractivity contribution in [2.75, 3.05) is 17.7 Å². The molecule has 1 saturated carbocycles. The molecule has 0 spiro atoms. The summed E-state index contributed by atoms with van der Waals surface area (Å²) in [5.74, 6) is 1.51. The summed E-state index contributed by atoms with van der Waals surface area (Å²) in [4.78, 5) is 10.7. The first kappa shape index (κ1) is 12.7. The van der Waals surface area contributed by atoms with Gasteiger partial charge < -0.3 is 15.4 Å². The van der Waals surface area contributed by atoms with Gasteiger partial charge in [0.1, 0.15) is 12.1 Å². The topological polar surface area (TPSA) is 64.3 Å². The highest BCUT2D eigenvalue weighted by atomic mass is 16.5. The summed E-state index contributed by atoms with van der Waals surface area (Å²) in [7, 11) is 1.62. The van der Waals surface area contributed by atoms with E-state index in [0.29, 0.717) is 11.9 Å². The van der Waals surface area contributed by atoms with E-state index in [1.54, 1.807) is 13.4 Å². The summed E-state index contributed by atoms with van der Waals surface area (Å²) in [6, 6.07) is 10.4. The number of benzene rings is 1. The van der Waals surface area contributed by atoms with Gasteiger partial charge >= 0.3 is 0 Å². The molecule has 1 aromatic carbocycles. The van der Waals surface area contributed by atoms with Crippen molar-refractivity contribution < 1.29 is 4.74 Å². The van der Waals surface area contributed by atoms with Crippen LogP contribution in [0.3, 0.4) is 0 Å². The Bertz CT molecular complexity index is 581. The lowest BCUT2D eigenvalue weighted by molar-refractivity contribution is 0.396. The van der Waals surface area contributed by atoms with Crippen LogP contribution in [0.25, 0.3) is 0 Å². The molecule has 1 aliphatic carbocycles. The van der Waals surface area contributed by atoms with Crippen LogP contribution in [0.4, 0.5) is 11.5 Å². The van der Waals surface area contributed by atoms with Crippen LogP contribution in [0.15, 0.2) is 36.7 Å². The van der Waals surface area contributed by atoms with Crippen LogP contribution in [0.2, 0.25) is 0 Å². The Morgan fingerprint density at radius 1 is 1.25 bits per heavy atom. The van der Waals surface area contributed by atoms with Gasteiger partial charge in [0, 0.05) is 24.3 Å². The number of nitrogens with two attached hydrogens (primary N) is 1. The number of ether oxygens (including phenoxy) is 1. The minimum Gasteiger partial charge on any atom is -0.481 e. The lowest BCUT2D eigenvalue weighted by atomic mass is 10.2. The fraction of sp³-hybridized carbons (Fsp3) is 0.333. The third-order valence-corrected chi connectivity index (χ3v) is 3.45. The first-order chi connectivity index (χ1) is 9.76. The Morgan fingerprint density at radius 2 is 2.00 bits per heavy atom. The van der Waals surface area contributed by atoms with Crippen molar-refractivity contribution in [1.29, 1.82) is 0 Å². The van der Waals surface area contributed by atoms with Gasteiger partial charge in [0.15, 0.2) is 0 Å². The Balaban J connectivity index is 1.83. The van der Waals surface area contributed by atoms with Gasteiger partial charge in [-0.05, 0) is 30.5 Å². The lowest BCUT2D eigenvalue weighted by Crippen LogP contribution is -2.26. The summed E-state index contributed by atoms with van der Waals surface area (Å²) in [5, 5.41) is 0. The van der Waals surface area contributed by atoms with Crippen molar-refractivity contribution in [2.45, 2.75) is 25.4 Å². The van der Waals surface area contributed by atoms with Gasteiger partial charge in [0.05, 0.1) is 7.11 Å². The fourth-order valence-corrected chi connectivity index (χ4v) is 2.20. The summed E-state index contributed by atoms with van der Waals surface area (Å²) in [5.41, 5.74) is 7.74. The quantitative estimate of drug-likeness (QED) is 0.844. The predicted molar refractivity (Wildman–Crippen MR) is 78.6 cm³/mol. The number of nitrogen functional groups attached to an aromatic ring is 1. The van der Waals surface area contributed by atoms with Gasteiger partial charge in [0.2, 0.25) is 5.88 Å². The molecule has 5 heteroatoms. The van der Waals surface area contributed by atoms with E-state index in [0.717, 1.165) is 18.1 Å². The Labute approximate surface area is 118 Å². The molecule has 0 radical (unpaired) electrons. The molecule has 1 aliphatic rings. The van der Waals surface area contributed by atoms with Crippen LogP contribution in [0.5, 0.6) is 5.88 Å². The van der Waals surface area contributed by atoms with Crippen molar-refractivity contribution in [3.63, 3.8) is 0 Å². The zero-order valence-electron chi connectivity index (χ0n) is 11.5. The second kappa shape index (κ2) is 5.36. The molecule has 0 unspecified atom stereocenters. The van der Waals surface area contributed by atoms with Crippen molar-refractivity contribution in [3.05, 3.63) is 42.2 Å². The number of aromatic nitrogens is 2. The zero-order chi connectivity index (χ0) is 13.9. The maximum atomic E-state index is 5.73. The van der Waals surface area contributed by atoms with E-state index in [9.17, 15) is 0 Å². The largest absolute Gasteiger partial charge is 0.481 e. The van der Waals surface area contributed by atoms with Crippen molar-refractivity contribution in [1.82, 2.24) is 9.97 Å². The summed E-state index contributed by atoms with van der Waals surface area (Å²) < 4.78 is 5.18. The molecule has 0 atom stereocenters. The van der Waals surface area contributed by atoms with Crippen LogP contribution in [0, 0.1) is 0 Å². The van der Waals surface area contributed by atoms with Crippen LogP contribution in [-0.4, -0.2) is 23.1 Å². The van der Waals surface area contributed by atoms with E-state index in [4.69, 9.17) is 10.5 Å². The number of rotatable bonds is 5. The van der Waals surface area contributed by atoms with Crippen molar-refractivity contribution in [3.8, 4) is 5.88 Å². The second-order valence-electron chi connectivity index (χ2n) is 5.02. The molecule has 0 amide bonds. The lowest BCUT2D eigenvalue weighted by Gasteiger charge is -2.23. The average molecular weight is 270 g/mol. The van der Waals surface area contributed by atoms with Crippen molar-refractivity contribution in [2.24, 2.45) is 0 Å². The number of hydrogen-bond donors (Lipinski definition) is 1. The van der Waals surface area contributed by atoms with E-state index >= 15 is 0 Å². The smallest absolute Gasteiger partial charge is 0.218 e. The van der Waals surface area contributed by atoms with Gasteiger partial charge in [-0.2, -0.15) is 0 Å². The standard InChI is InChI=1S/C15H18N4O/c1-20-15-8-14(17-10-18-15)19(13-6-7-13)9-11-2-4-12(16)5-3-11/h2-5,8,10,13H,6-7,9,16H2,1H3. The van der Waals surface area contributed by atoms with Crippen LogP contribution in [-0.2, 0) is 6.54 Å². The molecule has 1 heterocycles. The van der Waals surface area contributed by atoms with Crippen LogP contribution < -0.4 is 15.4 Å². The van der Waals surface area contributed by atoms with Gasteiger partial charge in [-0.1, -0.05) is 12.1 Å². The van der Waals surface area contributed by atoms with Crippen LogP contribution >= 0.6 is 0 Å². The first-order valence-corrected chi connectivity index (χ1v) is 6.73. The molecule has 0 saturated heterocycles. The number of methoxy groups -OCH3 is 1. The van der Waals surface area contributed by atoms with E-state index in [-0.39, 0.29) is 0 Å². The molecule has 1 aromatic heterocycles. The van der Waals surface area contributed by atoms with Gasteiger partial charge in [0.25, 0.3) is 0 Å². The molecule has 1 fully saturated rings. The summed E-state index contributed by atoms with van der Waals surface area (Å²) >= 11 is 0. The van der Waals surface area contributed by atoms with Crippen LogP contribution in [0.1, 0.15) is 18.4 Å². The van der Waals surface area contributed by atoms with Gasteiger partial charge in [-0.3, -0.25) is 0 Å². The second-order valence-corrected chi connectivity index (χ2v) is 5.02. The van der Waals surface area contributed by atoms with E-state index in [1.165, 1.54) is 18.4 Å². The number of anilines is 2. The maximum Gasteiger partial charge on any atom is 0.218 e. The molecule has 2 aromatic rings. The first-order valence-electron chi connectivity index (χ1n) is 6.73. The summed E-state index contributed by atoms with van der Waals surface area (Å²) in [6.45, 7) is 0.825. The minimum absolute atomic E-state index is 0.562. The summed E-state index contributed by atoms with van der Waals surface area (Å²) in [6.07, 6.45) is 3.97. The van der Waals surface area contributed by atoms with E-state index in [2.05, 4.69) is 27.0 Å². The molecule has 0 aliphatic heterocycles. The molecule has 3 rings (SSSR count). The maximum absolute atomic E-state index is 5.73. The molecule has 20 heavy (non-hydrogen) atoms. The molecular weight excluding hydrogens is 252 g/mol. The minimum atomic E-state index is 0.562. The third kappa shape index (κ3) is 2.82. The monoisotopic (exact) mass is 270 g/mol. The fourth-order valence-electron chi connectivity index (χ4n) is 2.20. The average Bonchev–Trinajstić information content (AvgIpc) is 3.31. The number of hydrogen-bond acceptors (Lipinski definition) is 5. The predicted octanol–water partition coefficient (Wildman–Crippen LogP) is 2.24. The SMILES string of the molecule is COc1cc(N(Cc2ccc(N)cc2)C2CC2)ncn1. The van der Waals surface area contributed by atoms with Gasteiger partial charge in [-0.25, -0.2) is 9.97 Å². The molecular formula is C15H18N4O. The molecule has 5 nitrogen and oxygen atoms in total. The zero-order valence-corrected chi connectivity index (χ0v) is 11.5. The highest BCUT2D eigenvalue weighted by Crippen LogP contribution is 2.32. The molecule has 2 N–H and O–H groups in total.